The molecule has 0 fully saturated rings. The number of methoxy groups -OCH3 is 1. The highest BCUT2D eigenvalue weighted by Crippen LogP contribution is 2.29. The van der Waals surface area contributed by atoms with Gasteiger partial charge in [-0.25, -0.2) is 0 Å². The van der Waals surface area contributed by atoms with Gasteiger partial charge in [0.15, 0.2) is 0 Å². The number of rotatable bonds is 6. The predicted octanol–water partition coefficient (Wildman–Crippen LogP) is 4.65. The number of hydrogen-bond acceptors (Lipinski definition) is 4. The second kappa shape index (κ2) is 8.73. The zero-order chi connectivity index (χ0) is 19.9. The Labute approximate surface area is 163 Å². The van der Waals surface area contributed by atoms with Crippen LogP contribution in [0.15, 0.2) is 72.8 Å². The summed E-state index contributed by atoms with van der Waals surface area (Å²) in [5.41, 5.74) is 3.21. The second-order valence-corrected chi connectivity index (χ2v) is 6.09. The van der Waals surface area contributed by atoms with E-state index in [4.69, 9.17) is 4.74 Å². The van der Waals surface area contributed by atoms with Gasteiger partial charge in [-0.1, -0.05) is 30.3 Å². The van der Waals surface area contributed by atoms with Crippen LogP contribution in [-0.4, -0.2) is 18.9 Å². The smallest absolute Gasteiger partial charge is 0.257 e. The van der Waals surface area contributed by atoms with Crippen molar-refractivity contribution in [2.24, 2.45) is 0 Å². The van der Waals surface area contributed by atoms with Crippen molar-refractivity contribution in [3.8, 4) is 5.75 Å². The van der Waals surface area contributed by atoms with Crippen LogP contribution < -0.4 is 20.7 Å². The molecule has 0 spiro atoms. The lowest BCUT2D eigenvalue weighted by molar-refractivity contribution is -0.114. The zero-order valence-electron chi connectivity index (χ0n) is 15.7. The van der Waals surface area contributed by atoms with Crippen molar-refractivity contribution in [2.45, 2.75) is 6.92 Å². The molecule has 2 amide bonds. The fraction of sp³-hybridized carbons (Fsp3) is 0.0909. The van der Waals surface area contributed by atoms with Gasteiger partial charge >= 0.3 is 0 Å². The summed E-state index contributed by atoms with van der Waals surface area (Å²) in [6.45, 7) is 1.42. The van der Waals surface area contributed by atoms with Crippen LogP contribution in [0.25, 0.3) is 0 Å². The highest BCUT2D eigenvalue weighted by molar-refractivity contribution is 6.08. The van der Waals surface area contributed by atoms with Crippen LogP contribution >= 0.6 is 0 Å². The Kier molecular flexibility index (Phi) is 5.91. The molecule has 0 bridgehead atoms. The van der Waals surface area contributed by atoms with E-state index in [1.54, 1.807) is 24.3 Å². The van der Waals surface area contributed by atoms with Gasteiger partial charge in [0.05, 0.1) is 24.0 Å². The van der Waals surface area contributed by atoms with Gasteiger partial charge in [0, 0.05) is 24.4 Å². The molecular formula is C22H21N3O3. The highest BCUT2D eigenvalue weighted by Gasteiger charge is 2.13. The molecule has 0 saturated heterocycles. The molecule has 3 rings (SSSR count). The molecule has 3 N–H and O–H groups in total. The Morgan fingerprint density at radius 3 is 2.21 bits per heavy atom. The number of carbonyl (C=O) groups excluding carboxylic acids is 2. The van der Waals surface area contributed by atoms with Crippen LogP contribution in [0.1, 0.15) is 17.3 Å². The molecule has 6 heteroatoms. The lowest BCUT2D eigenvalue weighted by atomic mass is 10.1. The standard InChI is InChI=1S/C22H21N3O3/c1-15(26)23-20-13-12-17(14-21(20)28-2)25-22(27)18-10-6-7-11-19(18)24-16-8-4-3-5-9-16/h3-14,24H,1-2H3,(H,23,26)(H,25,27). The summed E-state index contributed by atoms with van der Waals surface area (Å²) in [5, 5.41) is 8.81. The van der Waals surface area contributed by atoms with Gasteiger partial charge in [0.25, 0.3) is 5.91 Å². The number of hydrogen-bond donors (Lipinski definition) is 3. The number of amides is 2. The van der Waals surface area contributed by atoms with Gasteiger partial charge in [-0.3, -0.25) is 9.59 Å². The van der Waals surface area contributed by atoms with Crippen molar-refractivity contribution in [1.29, 1.82) is 0 Å². The molecule has 0 saturated carbocycles. The highest BCUT2D eigenvalue weighted by atomic mass is 16.5. The molecule has 3 aromatic rings. The van der Waals surface area contributed by atoms with E-state index in [0.29, 0.717) is 28.4 Å². The maximum absolute atomic E-state index is 12.8. The van der Waals surface area contributed by atoms with Crippen LogP contribution in [0, 0.1) is 0 Å². The SMILES string of the molecule is COc1cc(NC(=O)c2ccccc2Nc2ccccc2)ccc1NC(C)=O. The summed E-state index contributed by atoms with van der Waals surface area (Å²) in [6.07, 6.45) is 0. The molecule has 0 aliphatic rings. The molecule has 0 aliphatic heterocycles. The molecule has 0 unspecified atom stereocenters. The summed E-state index contributed by atoms with van der Waals surface area (Å²) < 4.78 is 5.30. The molecule has 3 aromatic carbocycles. The van der Waals surface area contributed by atoms with E-state index in [1.165, 1.54) is 14.0 Å². The fourth-order valence-corrected chi connectivity index (χ4v) is 2.73. The Hall–Kier alpha value is -3.80. The van der Waals surface area contributed by atoms with Gasteiger partial charge < -0.3 is 20.7 Å². The Balaban J connectivity index is 1.81. The van der Waals surface area contributed by atoms with Gasteiger partial charge in [0.1, 0.15) is 5.75 Å². The van der Waals surface area contributed by atoms with E-state index in [1.807, 2.05) is 48.5 Å². The van der Waals surface area contributed by atoms with Gasteiger partial charge in [-0.15, -0.1) is 0 Å². The van der Waals surface area contributed by atoms with Crippen molar-refractivity contribution in [3.63, 3.8) is 0 Å². The molecule has 0 aromatic heterocycles. The molecule has 0 atom stereocenters. The molecule has 28 heavy (non-hydrogen) atoms. The largest absolute Gasteiger partial charge is 0.494 e. The summed E-state index contributed by atoms with van der Waals surface area (Å²) >= 11 is 0. The number of nitrogens with one attached hydrogen (secondary N) is 3. The van der Waals surface area contributed by atoms with Crippen molar-refractivity contribution in [2.75, 3.05) is 23.1 Å². The van der Waals surface area contributed by atoms with E-state index in [-0.39, 0.29) is 11.8 Å². The first kappa shape index (κ1) is 19.0. The molecule has 142 valence electrons. The number of benzene rings is 3. The summed E-state index contributed by atoms with van der Waals surface area (Å²) in [7, 11) is 1.51. The van der Waals surface area contributed by atoms with E-state index in [2.05, 4.69) is 16.0 Å². The fourth-order valence-electron chi connectivity index (χ4n) is 2.73. The average Bonchev–Trinajstić information content (AvgIpc) is 2.70. The predicted molar refractivity (Wildman–Crippen MR) is 111 cm³/mol. The first-order valence-corrected chi connectivity index (χ1v) is 8.75. The number of para-hydroxylation sites is 2. The minimum atomic E-state index is -0.256. The third-order valence-electron chi connectivity index (χ3n) is 3.99. The minimum Gasteiger partial charge on any atom is -0.494 e. The first-order chi connectivity index (χ1) is 13.6. The van der Waals surface area contributed by atoms with Crippen LogP contribution in [0.3, 0.4) is 0 Å². The van der Waals surface area contributed by atoms with Crippen LogP contribution in [0.5, 0.6) is 5.75 Å². The molecule has 6 nitrogen and oxygen atoms in total. The second-order valence-electron chi connectivity index (χ2n) is 6.09. The topological polar surface area (TPSA) is 79.5 Å². The third kappa shape index (κ3) is 4.67. The van der Waals surface area contributed by atoms with E-state index in [0.717, 1.165) is 5.69 Å². The van der Waals surface area contributed by atoms with Crippen molar-refractivity contribution >= 4 is 34.6 Å². The van der Waals surface area contributed by atoms with Crippen LogP contribution in [0.4, 0.5) is 22.7 Å². The van der Waals surface area contributed by atoms with Crippen molar-refractivity contribution < 1.29 is 14.3 Å². The Bertz CT molecular complexity index is 987. The Morgan fingerprint density at radius 2 is 1.50 bits per heavy atom. The summed E-state index contributed by atoms with van der Waals surface area (Å²) in [4.78, 5) is 24.1. The van der Waals surface area contributed by atoms with Crippen molar-refractivity contribution in [3.05, 3.63) is 78.4 Å². The van der Waals surface area contributed by atoms with E-state index in [9.17, 15) is 9.59 Å². The normalized spacial score (nSPS) is 10.1. The lowest BCUT2D eigenvalue weighted by Gasteiger charge is -2.14. The zero-order valence-corrected chi connectivity index (χ0v) is 15.7. The maximum atomic E-state index is 12.8. The average molecular weight is 375 g/mol. The quantitative estimate of drug-likeness (QED) is 0.586. The lowest BCUT2D eigenvalue weighted by Crippen LogP contribution is -2.14. The third-order valence-corrected chi connectivity index (χ3v) is 3.99. The molecule has 0 aliphatic carbocycles. The summed E-state index contributed by atoms with van der Waals surface area (Å²) in [6, 6.07) is 22.0. The number of ether oxygens (including phenoxy) is 1. The van der Waals surface area contributed by atoms with Gasteiger partial charge in [-0.2, -0.15) is 0 Å². The van der Waals surface area contributed by atoms with E-state index < -0.39 is 0 Å². The first-order valence-electron chi connectivity index (χ1n) is 8.75. The van der Waals surface area contributed by atoms with Crippen LogP contribution in [-0.2, 0) is 4.79 Å². The summed E-state index contributed by atoms with van der Waals surface area (Å²) in [5.74, 6) is 0.00746. The van der Waals surface area contributed by atoms with Crippen LogP contribution in [0.2, 0.25) is 0 Å². The minimum absolute atomic E-state index is 0.198. The molecular weight excluding hydrogens is 354 g/mol. The molecule has 0 heterocycles. The van der Waals surface area contributed by atoms with Gasteiger partial charge in [0.2, 0.25) is 5.91 Å². The van der Waals surface area contributed by atoms with E-state index >= 15 is 0 Å². The van der Waals surface area contributed by atoms with Gasteiger partial charge in [-0.05, 0) is 36.4 Å². The maximum Gasteiger partial charge on any atom is 0.257 e. The molecule has 0 radical (unpaired) electrons. The number of carbonyl (C=O) groups is 2. The number of anilines is 4. The Morgan fingerprint density at radius 1 is 0.786 bits per heavy atom. The monoisotopic (exact) mass is 375 g/mol. The van der Waals surface area contributed by atoms with Crippen molar-refractivity contribution in [1.82, 2.24) is 0 Å².